The van der Waals surface area contributed by atoms with Crippen LogP contribution >= 0.6 is 0 Å². The molecular formula is C10H22N2. The molecule has 0 bridgehead atoms. The van der Waals surface area contributed by atoms with Crippen molar-refractivity contribution in [3.63, 3.8) is 0 Å². The second-order valence-electron chi connectivity index (χ2n) is 4.79. The van der Waals surface area contributed by atoms with E-state index in [0.29, 0.717) is 17.6 Å². The van der Waals surface area contributed by atoms with Crippen molar-refractivity contribution < 1.29 is 0 Å². The van der Waals surface area contributed by atoms with E-state index in [4.69, 9.17) is 0 Å². The maximum atomic E-state index is 3.47. The van der Waals surface area contributed by atoms with Crippen molar-refractivity contribution in [1.82, 2.24) is 10.2 Å². The van der Waals surface area contributed by atoms with Crippen molar-refractivity contribution in [3.05, 3.63) is 0 Å². The van der Waals surface area contributed by atoms with E-state index >= 15 is 0 Å². The van der Waals surface area contributed by atoms with Gasteiger partial charge in [-0.25, -0.2) is 0 Å². The highest BCUT2D eigenvalue weighted by Crippen LogP contribution is 2.23. The number of hydrogen-bond donors (Lipinski definition) is 1. The molecule has 2 nitrogen and oxygen atoms in total. The molecule has 2 heteroatoms. The van der Waals surface area contributed by atoms with E-state index < -0.39 is 0 Å². The highest BCUT2D eigenvalue weighted by Gasteiger charge is 2.35. The van der Waals surface area contributed by atoms with E-state index in [-0.39, 0.29) is 0 Å². The molecule has 0 aromatic rings. The van der Waals surface area contributed by atoms with Gasteiger partial charge >= 0.3 is 0 Å². The van der Waals surface area contributed by atoms with Crippen LogP contribution in [0.3, 0.4) is 0 Å². The van der Waals surface area contributed by atoms with Crippen LogP contribution in [-0.4, -0.2) is 35.6 Å². The van der Waals surface area contributed by atoms with Gasteiger partial charge in [-0.1, -0.05) is 0 Å². The zero-order chi connectivity index (χ0) is 9.35. The molecule has 12 heavy (non-hydrogen) atoms. The summed E-state index contributed by atoms with van der Waals surface area (Å²) in [5, 5.41) is 3.47. The van der Waals surface area contributed by atoms with Gasteiger partial charge in [0.25, 0.3) is 0 Å². The number of nitrogens with one attached hydrogen (secondary N) is 1. The Labute approximate surface area is 76.3 Å². The Balaban J connectivity index is 2.74. The van der Waals surface area contributed by atoms with Gasteiger partial charge in [-0.05, 0) is 34.6 Å². The maximum absolute atomic E-state index is 3.47. The van der Waals surface area contributed by atoms with Gasteiger partial charge in [0.15, 0.2) is 0 Å². The molecular weight excluding hydrogens is 148 g/mol. The smallest absolute Gasteiger partial charge is 0.0283 e. The zero-order valence-electron chi connectivity index (χ0n) is 9.02. The molecule has 72 valence electrons. The summed E-state index contributed by atoms with van der Waals surface area (Å²) in [5.74, 6) is 0. The largest absolute Gasteiger partial charge is 0.313 e. The second-order valence-corrected chi connectivity index (χ2v) is 4.79. The lowest BCUT2D eigenvalue weighted by molar-refractivity contribution is 0.0168. The molecule has 0 amide bonds. The third-order valence-electron chi connectivity index (χ3n) is 2.73. The molecule has 0 saturated carbocycles. The molecule has 1 saturated heterocycles. The minimum absolute atomic E-state index is 0.311. The molecule has 1 aliphatic rings. The van der Waals surface area contributed by atoms with E-state index in [1.54, 1.807) is 0 Å². The van der Waals surface area contributed by atoms with Crippen molar-refractivity contribution in [2.75, 3.05) is 13.1 Å². The van der Waals surface area contributed by atoms with Crippen LogP contribution in [0.1, 0.15) is 34.6 Å². The number of nitrogens with zero attached hydrogens (tertiary/aromatic N) is 1. The molecule has 0 aliphatic carbocycles. The predicted octanol–water partition coefficient (Wildman–Crippen LogP) is 1.47. The van der Waals surface area contributed by atoms with E-state index in [9.17, 15) is 0 Å². The van der Waals surface area contributed by atoms with Gasteiger partial charge in [0.1, 0.15) is 0 Å². The fourth-order valence-corrected chi connectivity index (χ4v) is 2.58. The third-order valence-corrected chi connectivity index (χ3v) is 2.73. The third kappa shape index (κ3) is 1.80. The molecule has 0 aromatic heterocycles. The summed E-state index contributed by atoms with van der Waals surface area (Å²) in [6, 6.07) is 1.31. The Hall–Kier alpha value is -0.0800. The van der Waals surface area contributed by atoms with Gasteiger partial charge in [0.2, 0.25) is 0 Å². The van der Waals surface area contributed by atoms with Crippen molar-refractivity contribution in [2.24, 2.45) is 0 Å². The van der Waals surface area contributed by atoms with Crippen LogP contribution in [0.2, 0.25) is 0 Å². The van der Waals surface area contributed by atoms with E-state index in [0.717, 1.165) is 13.1 Å². The molecule has 1 aliphatic heterocycles. The molecule has 0 spiro atoms. The minimum Gasteiger partial charge on any atom is -0.313 e. The predicted molar refractivity (Wildman–Crippen MR) is 53.4 cm³/mol. The van der Waals surface area contributed by atoms with Gasteiger partial charge < -0.3 is 5.32 Å². The first-order valence-electron chi connectivity index (χ1n) is 4.94. The molecule has 1 atom stereocenters. The molecule has 1 fully saturated rings. The normalized spacial score (nSPS) is 31.0. The summed E-state index contributed by atoms with van der Waals surface area (Å²) in [4.78, 5) is 2.60. The van der Waals surface area contributed by atoms with Crippen molar-refractivity contribution >= 4 is 0 Å². The molecule has 1 heterocycles. The van der Waals surface area contributed by atoms with Crippen molar-refractivity contribution in [1.29, 1.82) is 0 Å². The minimum atomic E-state index is 0.311. The van der Waals surface area contributed by atoms with Crippen LogP contribution in [0.15, 0.2) is 0 Å². The summed E-state index contributed by atoms with van der Waals surface area (Å²) in [6.07, 6.45) is 0. The first kappa shape index (κ1) is 10.0. The quantitative estimate of drug-likeness (QED) is 0.641. The van der Waals surface area contributed by atoms with Gasteiger partial charge in [-0.15, -0.1) is 0 Å². The Bertz CT molecular complexity index is 152. The van der Waals surface area contributed by atoms with Gasteiger partial charge in [-0.3, -0.25) is 4.90 Å². The number of piperazine rings is 1. The van der Waals surface area contributed by atoms with E-state index in [2.05, 4.69) is 44.8 Å². The standard InChI is InChI=1S/C10H22N2/c1-8(2)12-9(3)6-11-7-10(12,4)5/h8-9,11H,6-7H2,1-5H3. The van der Waals surface area contributed by atoms with Crippen LogP contribution in [0.25, 0.3) is 0 Å². The lowest BCUT2D eigenvalue weighted by atomic mass is 9.95. The highest BCUT2D eigenvalue weighted by atomic mass is 15.3. The molecule has 0 aromatic carbocycles. The summed E-state index contributed by atoms with van der Waals surface area (Å²) in [5.41, 5.74) is 0.311. The average Bonchev–Trinajstić information content (AvgIpc) is 1.82. The van der Waals surface area contributed by atoms with Gasteiger partial charge in [-0.2, -0.15) is 0 Å². The first-order chi connectivity index (χ1) is 5.45. The first-order valence-corrected chi connectivity index (χ1v) is 4.94. The summed E-state index contributed by atoms with van der Waals surface area (Å²) in [6.45, 7) is 13.7. The lowest BCUT2D eigenvalue weighted by Gasteiger charge is -2.49. The fourth-order valence-electron chi connectivity index (χ4n) is 2.58. The second kappa shape index (κ2) is 3.35. The van der Waals surface area contributed by atoms with Crippen LogP contribution in [-0.2, 0) is 0 Å². The van der Waals surface area contributed by atoms with Crippen molar-refractivity contribution in [3.8, 4) is 0 Å². The highest BCUT2D eigenvalue weighted by molar-refractivity contribution is 4.93. The molecule has 0 radical (unpaired) electrons. The topological polar surface area (TPSA) is 15.3 Å². The Morgan fingerprint density at radius 2 is 2.00 bits per heavy atom. The molecule has 1 rings (SSSR count). The van der Waals surface area contributed by atoms with E-state index in [1.807, 2.05) is 0 Å². The number of rotatable bonds is 1. The van der Waals surface area contributed by atoms with Crippen LogP contribution in [0.5, 0.6) is 0 Å². The van der Waals surface area contributed by atoms with Gasteiger partial charge in [0.05, 0.1) is 0 Å². The maximum Gasteiger partial charge on any atom is 0.0283 e. The van der Waals surface area contributed by atoms with Crippen molar-refractivity contribution in [2.45, 2.75) is 52.2 Å². The number of hydrogen-bond acceptors (Lipinski definition) is 2. The van der Waals surface area contributed by atoms with Crippen LogP contribution < -0.4 is 5.32 Å². The Morgan fingerprint density at radius 1 is 1.42 bits per heavy atom. The van der Waals surface area contributed by atoms with E-state index in [1.165, 1.54) is 0 Å². The van der Waals surface area contributed by atoms with Crippen LogP contribution in [0.4, 0.5) is 0 Å². The molecule has 1 unspecified atom stereocenters. The average molecular weight is 170 g/mol. The Morgan fingerprint density at radius 3 is 2.33 bits per heavy atom. The van der Waals surface area contributed by atoms with Gasteiger partial charge in [0, 0.05) is 30.7 Å². The fraction of sp³-hybridized carbons (Fsp3) is 1.00. The zero-order valence-corrected chi connectivity index (χ0v) is 9.02. The monoisotopic (exact) mass is 170 g/mol. The SMILES string of the molecule is CC(C)N1C(C)CNCC1(C)C. The van der Waals surface area contributed by atoms with Crippen LogP contribution in [0, 0.1) is 0 Å². The summed E-state index contributed by atoms with van der Waals surface area (Å²) >= 11 is 0. The Kier molecular flexibility index (Phi) is 2.79. The summed E-state index contributed by atoms with van der Waals surface area (Å²) in [7, 11) is 0. The summed E-state index contributed by atoms with van der Waals surface area (Å²) < 4.78 is 0. The molecule has 1 N–H and O–H groups in total. The lowest BCUT2D eigenvalue weighted by Crippen LogP contribution is -2.64.